The van der Waals surface area contributed by atoms with Crippen LogP contribution in [0.15, 0.2) is 11.4 Å². The molecule has 1 aromatic heterocycles. The van der Waals surface area contributed by atoms with E-state index in [4.69, 9.17) is 0 Å². The second-order valence-corrected chi connectivity index (χ2v) is 7.10. The van der Waals surface area contributed by atoms with Gasteiger partial charge in [0.15, 0.2) is 0 Å². The highest BCUT2D eigenvalue weighted by molar-refractivity contribution is 7.10. The van der Waals surface area contributed by atoms with E-state index in [0.29, 0.717) is 5.92 Å². The molecule has 0 spiro atoms. The van der Waals surface area contributed by atoms with Crippen molar-refractivity contribution >= 4 is 11.3 Å². The Labute approximate surface area is 114 Å². The first kappa shape index (κ1) is 12.6. The summed E-state index contributed by atoms with van der Waals surface area (Å²) >= 11 is 1.90. The summed E-state index contributed by atoms with van der Waals surface area (Å²) in [6, 6.07) is 2.27. The molecule has 18 heavy (non-hydrogen) atoms. The van der Waals surface area contributed by atoms with Gasteiger partial charge in [0.25, 0.3) is 0 Å². The molecular formula is C15H23NOS. The maximum Gasteiger partial charge on any atom is 0.0580 e. The van der Waals surface area contributed by atoms with Gasteiger partial charge in [0, 0.05) is 24.5 Å². The number of nitrogens with zero attached hydrogens (tertiary/aromatic N) is 1. The molecule has 0 saturated heterocycles. The normalized spacial score (nSPS) is 33.3. The topological polar surface area (TPSA) is 23.5 Å². The molecule has 1 saturated carbocycles. The number of aliphatic hydroxyl groups is 1. The molecule has 0 aromatic carbocycles. The highest BCUT2D eigenvalue weighted by Crippen LogP contribution is 2.31. The van der Waals surface area contributed by atoms with E-state index in [2.05, 4.69) is 23.3 Å². The van der Waals surface area contributed by atoms with Gasteiger partial charge in [-0.1, -0.05) is 6.92 Å². The molecule has 3 rings (SSSR count). The van der Waals surface area contributed by atoms with Crippen molar-refractivity contribution in [2.24, 2.45) is 11.8 Å². The van der Waals surface area contributed by atoms with E-state index >= 15 is 0 Å². The zero-order valence-corrected chi connectivity index (χ0v) is 12.0. The maximum absolute atomic E-state index is 10.1. The van der Waals surface area contributed by atoms with Crippen molar-refractivity contribution < 1.29 is 5.11 Å². The lowest BCUT2D eigenvalue weighted by Gasteiger charge is -2.36. The molecule has 0 radical (unpaired) electrons. The summed E-state index contributed by atoms with van der Waals surface area (Å²) < 4.78 is 0. The lowest BCUT2D eigenvalue weighted by Crippen LogP contribution is -2.40. The third-order valence-corrected chi connectivity index (χ3v) is 5.61. The van der Waals surface area contributed by atoms with Crippen LogP contribution in [0.25, 0.3) is 0 Å². The van der Waals surface area contributed by atoms with Crippen LogP contribution >= 0.6 is 11.3 Å². The molecule has 100 valence electrons. The molecule has 2 heterocycles. The van der Waals surface area contributed by atoms with Gasteiger partial charge in [-0.15, -0.1) is 11.3 Å². The molecular weight excluding hydrogens is 242 g/mol. The molecule has 0 amide bonds. The average Bonchev–Trinajstić information content (AvgIpc) is 2.81. The van der Waals surface area contributed by atoms with Crippen LogP contribution in [-0.2, 0) is 13.0 Å². The molecule has 1 aliphatic carbocycles. The van der Waals surface area contributed by atoms with Gasteiger partial charge in [0.2, 0.25) is 0 Å². The van der Waals surface area contributed by atoms with Gasteiger partial charge >= 0.3 is 0 Å². The predicted octanol–water partition coefficient (Wildman–Crippen LogP) is 2.90. The third kappa shape index (κ3) is 2.63. The Morgan fingerprint density at radius 1 is 1.44 bits per heavy atom. The van der Waals surface area contributed by atoms with E-state index in [1.807, 2.05) is 11.3 Å². The Hall–Kier alpha value is -0.380. The molecule has 3 atom stereocenters. The first-order valence-corrected chi connectivity index (χ1v) is 8.06. The van der Waals surface area contributed by atoms with E-state index in [1.54, 1.807) is 4.88 Å². The van der Waals surface area contributed by atoms with E-state index in [0.717, 1.165) is 25.4 Å². The van der Waals surface area contributed by atoms with Crippen LogP contribution in [0.1, 0.15) is 36.6 Å². The van der Waals surface area contributed by atoms with Crippen molar-refractivity contribution in [3.8, 4) is 0 Å². The third-order valence-electron chi connectivity index (χ3n) is 4.58. The average molecular weight is 265 g/mol. The summed E-state index contributed by atoms with van der Waals surface area (Å²) in [5, 5.41) is 12.4. The van der Waals surface area contributed by atoms with Crippen molar-refractivity contribution in [1.29, 1.82) is 0 Å². The number of rotatable bonds is 2. The Kier molecular flexibility index (Phi) is 3.73. The SMILES string of the molecule is CC1CCC(O)C(CN2CCc3sccc3C2)C1. The molecule has 1 aliphatic heterocycles. The molecule has 3 heteroatoms. The van der Waals surface area contributed by atoms with Crippen molar-refractivity contribution in [3.63, 3.8) is 0 Å². The summed E-state index contributed by atoms with van der Waals surface area (Å²) in [4.78, 5) is 4.12. The van der Waals surface area contributed by atoms with Crippen LogP contribution in [0.4, 0.5) is 0 Å². The van der Waals surface area contributed by atoms with Gasteiger partial charge in [0.1, 0.15) is 0 Å². The standard InChI is InChI=1S/C15H23NOS/c1-11-2-3-14(17)13(8-11)10-16-6-4-15-12(9-16)5-7-18-15/h5,7,11,13-14,17H,2-4,6,8-10H2,1H3. The Bertz CT molecular complexity index is 403. The number of aliphatic hydroxyl groups excluding tert-OH is 1. The second-order valence-electron chi connectivity index (χ2n) is 6.10. The van der Waals surface area contributed by atoms with Crippen molar-refractivity contribution in [1.82, 2.24) is 4.90 Å². The summed E-state index contributed by atoms with van der Waals surface area (Å²) in [7, 11) is 0. The summed E-state index contributed by atoms with van der Waals surface area (Å²) in [6.45, 7) is 5.68. The zero-order valence-electron chi connectivity index (χ0n) is 11.1. The molecule has 2 aliphatic rings. The Morgan fingerprint density at radius 2 is 2.33 bits per heavy atom. The van der Waals surface area contributed by atoms with Crippen molar-refractivity contribution in [2.45, 2.75) is 45.3 Å². The van der Waals surface area contributed by atoms with E-state index in [1.165, 1.54) is 31.4 Å². The van der Waals surface area contributed by atoms with E-state index in [9.17, 15) is 5.11 Å². The van der Waals surface area contributed by atoms with Crippen LogP contribution in [0.5, 0.6) is 0 Å². The fraction of sp³-hybridized carbons (Fsp3) is 0.733. The summed E-state index contributed by atoms with van der Waals surface area (Å²) in [5.74, 6) is 1.29. The minimum absolute atomic E-state index is 0.0647. The smallest absolute Gasteiger partial charge is 0.0580 e. The Morgan fingerprint density at radius 3 is 3.22 bits per heavy atom. The molecule has 1 fully saturated rings. The highest BCUT2D eigenvalue weighted by atomic mass is 32.1. The van der Waals surface area contributed by atoms with Crippen LogP contribution in [0.3, 0.4) is 0 Å². The first-order valence-electron chi connectivity index (χ1n) is 7.18. The second kappa shape index (κ2) is 5.32. The monoisotopic (exact) mass is 265 g/mol. The van der Waals surface area contributed by atoms with Crippen LogP contribution in [0.2, 0.25) is 0 Å². The molecule has 1 N–H and O–H groups in total. The van der Waals surface area contributed by atoms with Gasteiger partial charge in [-0.2, -0.15) is 0 Å². The fourth-order valence-corrected chi connectivity index (χ4v) is 4.36. The predicted molar refractivity (Wildman–Crippen MR) is 75.8 cm³/mol. The molecule has 3 unspecified atom stereocenters. The van der Waals surface area contributed by atoms with Gasteiger partial charge in [-0.3, -0.25) is 4.90 Å². The quantitative estimate of drug-likeness (QED) is 0.889. The van der Waals surface area contributed by atoms with E-state index < -0.39 is 0 Å². The number of thiophene rings is 1. The minimum Gasteiger partial charge on any atom is -0.393 e. The van der Waals surface area contributed by atoms with Gasteiger partial charge in [-0.25, -0.2) is 0 Å². The van der Waals surface area contributed by atoms with Crippen LogP contribution in [-0.4, -0.2) is 29.2 Å². The number of fused-ring (bicyclic) bond motifs is 1. The lowest BCUT2D eigenvalue weighted by molar-refractivity contribution is 0.0281. The summed E-state index contributed by atoms with van der Waals surface area (Å²) in [6.07, 6.45) is 4.54. The van der Waals surface area contributed by atoms with Gasteiger partial charge < -0.3 is 5.11 Å². The minimum atomic E-state index is -0.0647. The highest BCUT2D eigenvalue weighted by Gasteiger charge is 2.29. The van der Waals surface area contributed by atoms with Crippen LogP contribution < -0.4 is 0 Å². The molecule has 1 aromatic rings. The zero-order chi connectivity index (χ0) is 12.5. The molecule has 2 nitrogen and oxygen atoms in total. The number of hydrogen-bond acceptors (Lipinski definition) is 3. The first-order chi connectivity index (χ1) is 8.72. The van der Waals surface area contributed by atoms with E-state index in [-0.39, 0.29) is 6.10 Å². The fourth-order valence-electron chi connectivity index (χ4n) is 3.47. The molecule has 0 bridgehead atoms. The van der Waals surface area contributed by atoms with Gasteiger partial charge in [-0.05, 0) is 54.5 Å². The largest absolute Gasteiger partial charge is 0.393 e. The van der Waals surface area contributed by atoms with Crippen molar-refractivity contribution in [2.75, 3.05) is 13.1 Å². The summed E-state index contributed by atoms with van der Waals surface area (Å²) in [5.41, 5.74) is 1.52. The van der Waals surface area contributed by atoms with Crippen molar-refractivity contribution in [3.05, 3.63) is 21.9 Å². The van der Waals surface area contributed by atoms with Crippen LogP contribution in [0, 0.1) is 11.8 Å². The van der Waals surface area contributed by atoms with Gasteiger partial charge in [0.05, 0.1) is 6.10 Å². The Balaban J connectivity index is 1.60. The maximum atomic E-state index is 10.1. The lowest BCUT2D eigenvalue weighted by atomic mass is 9.80. The number of hydrogen-bond donors (Lipinski definition) is 1.